The van der Waals surface area contributed by atoms with Crippen molar-refractivity contribution in [2.45, 2.75) is 38.1 Å². The van der Waals surface area contributed by atoms with Crippen LogP contribution in [0.4, 0.5) is 17.6 Å². The van der Waals surface area contributed by atoms with Crippen molar-refractivity contribution in [1.29, 1.82) is 0 Å². The maximum absolute atomic E-state index is 13.3. The number of ether oxygens (including phenoxy) is 1. The Kier molecular flexibility index (Phi) is 5.91. The number of hydrogen-bond donors (Lipinski definition) is 2. The maximum atomic E-state index is 13.3. The van der Waals surface area contributed by atoms with Crippen molar-refractivity contribution < 1.29 is 22.3 Å². The summed E-state index contributed by atoms with van der Waals surface area (Å²) in [5.74, 6) is 4.10. The van der Waals surface area contributed by atoms with E-state index in [4.69, 9.17) is 10.6 Å². The minimum Gasteiger partial charge on any atom is -0.379 e. The molecule has 0 saturated carbocycles. The van der Waals surface area contributed by atoms with Gasteiger partial charge in [0.25, 0.3) is 0 Å². The molecule has 0 aliphatic heterocycles. The average molecular weight is 294 g/mol. The van der Waals surface area contributed by atoms with E-state index >= 15 is 0 Å². The molecular formula is C13H18F4N2O. The van der Waals surface area contributed by atoms with Gasteiger partial charge in [-0.05, 0) is 24.1 Å². The van der Waals surface area contributed by atoms with Gasteiger partial charge in [-0.25, -0.2) is 4.39 Å². The zero-order valence-corrected chi connectivity index (χ0v) is 11.3. The summed E-state index contributed by atoms with van der Waals surface area (Å²) in [7, 11) is 1.46. The van der Waals surface area contributed by atoms with Crippen molar-refractivity contribution in [3.05, 3.63) is 35.1 Å². The Hall–Kier alpha value is -1.18. The van der Waals surface area contributed by atoms with Gasteiger partial charge in [-0.15, -0.1) is 0 Å². The summed E-state index contributed by atoms with van der Waals surface area (Å²) in [5.41, 5.74) is 1.37. The number of methoxy groups -OCH3 is 1. The predicted octanol–water partition coefficient (Wildman–Crippen LogP) is 3.16. The second-order valence-electron chi connectivity index (χ2n) is 4.44. The Labute approximate surface area is 115 Å². The van der Waals surface area contributed by atoms with Crippen LogP contribution in [-0.4, -0.2) is 13.2 Å². The first-order valence-corrected chi connectivity index (χ1v) is 6.20. The standard InChI is InChI=1S/C13H18F4N2O/c1-3-4-11(20-2)12(19-18)8-5-6-10(14)9(7-8)13(15,16)17/h5-7,11-12,19H,3-4,18H2,1-2H3. The molecule has 0 radical (unpaired) electrons. The molecule has 0 spiro atoms. The summed E-state index contributed by atoms with van der Waals surface area (Å²) in [6, 6.07) is 2.20. The molecule has 1 aromatic rings. The number of alkyl halides is 3. The van der Waals surface area contributed by atoms with E-state index in [-0.39, 0.29) is 5.56 Å². The summed E-state index contributed by atoms with van der Waals surface area (Å²) in [4.78, 5) is 0. The van der Waals surface area contributed by atoms with Gasteiger partial charge in [-0.1, -0.05) is 19.4 Å². The van der Waals surface area contributed by atoms with Crippen molar-refractivity contribution >= 4 is 0 Å². The van der Waals surface area contributed by atoms with Crippen LogP contribution < -0.4 is 11.3 Å². The van der Waals surface area contributed by atoms with Gasteiger partial charge in [-0.2, -0.15) is 13.2 Å². The van der Waals surface area contributed by atoms with E-state index in [1.54, 1.807) is 0 Å². The number of nitrogens with one attached hydrogen (secondary N) is 1. The lowest BCUT2D eigenvalue weighted by Crippen LogP contribution is -2.37. The zero-order chi connectivity index (χ0) is 15.3. The Bertz CT molecular complexity index is 437. The molecule has 0 aliphatic carbocycles. The fourth-order valence-corrected chi connectivity index (χ4v) is 2.08. The monoisotopic (exact) mass is 294 g/mol. The predicted molar refractivity (Wildman–Crippen MR) is 67.2 cm³/mol. The molecule has 0 amide bonds. The van der Waals surface area contributed by atoms with Crippen LogP contribution >= 0.6 is 0 Å². The second kappa shape index (κ2) is 7.01. The molecule has 1 aromatic carbocycles. The third-order valence-electron chi connectivity index (χ3n) is 3.08. The van der Waals surface area contributed by atoms with Gasteiger partial charge in [-0.3, -0.25) is 11.3 Å². The molecule has 3 nitrogen and oxygen atoms in total. The largest absolute Gasteiger partial charge is 0.419 e. The Morgan fingerprint density at radius 3 is 2.45 bits per heavy atom. The lowest BCUT2D eigenvalue weighted by atomic mass is 9.96. The number of rotatable bonds is 6. The topological polar surface area (TPSA) is 47.3 Å². The number of halogens is 4. The van der Waals surface area contributed by atoms with E-state index in [9.17, 15) is 17.6 Å². The summed E-state index contributed by atoms with van der Waals surface area (Å²) in [6.45, 7) is 1.92. The first-order chi connectivity index (χ1) is 9.35. The fourth-order valence-electron chi connectivity index (χ4n) is 2.08. The minimum atomic E-state index is -4.74. The van der Waals surface area contributed by atoms with Gasteiger partial charge < -0.3 is 4.74 Å². The van der Waals surface area contributed by atoms with E-state index in [1.165, 1.54) is 13.2 Å². The summed E-state index contributed by atoms with van der Waals surface area (Å²) < 4.78 is 56.6. The van der Waals surface area contributed by atoms with Gasteiger partial charge in [0.15, 0.2) is 0 Å². The number of benzene rings is 1. The summed E-state index contributed by atoms with van der Waals surface area (Å²) in [5, 5.41) is 0. The lowest BCUT2D eigenvalue weighted by Gasteiger charge is -2.26. The first kappa shape index (κ1) is 16.9. The smallest absolute Gasteiger partial charge is 0.379 e. The molecule has 7 heteroatoms. The molecule has 114 valence electrons. The average Bonchev–Trinajstić information content (AvgIpc) is 2.38. The van der Waals surface area contributed by atoms with Crippen LogP contribution in [0.15, 0.2) is 18.2 Å². The van der Waals surface area contributed by atoms with E-state index in [0.717, 1.165) is 18.6 Å². The lowest BCUT2D eigenvalue weighted by molar-refractivity contribution is -0.140. The summed E-state index contributed by atoms with van der Waals surface area (Å²) >= 11 is 0. The molecule has 0 bridgehead atoms. The van der Waals surface area contributed by atoms with Gasteiger partial charge in [0.1, 0.15) is 5.82 Å². The normalized spacial score (nSPS) is 15.2. The molecule has 0 heterocycles. The number of hydrogen-bond acceptors (Lipinski definition) is 3. The molecule has 3 N–H and O–H groups in total. The highest BCUT2D eigenvalue weighted by Crippen LogP contribution is 2.34. The van der Waals surface area contributed by atoms with Crippen molar-refractivity contribution in [1.82, 2.24) is 5.43 Å². The molecule has 0 fully saturated rings. The molecule has 20 heavy (non-hydrogen) atoms. The van der Waals surface area contributed by atoms with E-state index < -0.39 is 29.7 Å². The quantitative estimate of drug-likeness (QED) is 0.481. The van der Waals surface area contributed by atoms with Crippen molar-refractivity contribution in [2.75, 3.05) is 7.11 Å². The third-order valence-corrected chi connectivity index (χ3v) is 3.08. The molecule has 0 aromatic heterocycles. The van der Waals surface area contributed by atoms with Crippen LogP contribution in [0.3, 0.4) is 0 Å². The summed E-state index contributed by atoms with van der Waals surface area (Å²) in [6.07, 6.45) is -3.74. The van der Waals surface area contributed by atoms with Crippen molar-refractivity contribution in [3.8, 4) is 0 Å². The van der Waals surface area contributed by atoms with Gasteiger partial charge >= 0.3 is 6.18 Å². The number of hydrazine groups is 1. The first-order valence-electron chi connectivity index (χ1n) is 6.20. The van der Waals surface area contributed by atoms with Crippen LogP contribution in [-0.2, 0) is 10.9 Å². The van der Waals surface area contributed by atoms with Crippen LogP contribution in [0.5, 0.6) is 0 Å². The third kappa shape index (κ3) is 3.91. The second-order valence-corrected chi connectivity index (χ2v) is 4.44. The van der Waals surface area contributed by atoms with Crippen LogP contribution in [0.25, 0.3) is 0 Å². The maximum Gasteiger partial charge on any atom is 0.419 e. The SMILES string of the molecule is CCCC(OC)C(NN)c1ccc(F)c(C(F)(F)F)c1. The van der Waals surface area contributed by atoms with E-state index in [1.807, 2.05) is 6.92 Å². The van der Waals surface area contributed by atoms with E-state index in [0.29, 0.717) is 6.42 Å². The molecule has 1 rings (SSSR count). The highest BCUT2D eigenvalue weighted by Gasteiger charge is 2.35. The van der Waals surface area contributed by atoms with Crippen LogP contribution in [0.2, 0.25) is 0 Å². The van der Waals surface area contributed by atoms with E-state index in [2.05, 4.69) is 5.43 Å². The Morgan fingerprint density at radius 2 is 2.00 bits per heavy atom. The molecule has 2 unspecified atom stereocenters. The van der Waals surface area contributed by atoms with Crippen LogP contribution in [0, 0.1) is 5.82 Å². The van der Waals surface area contributed by atoms with Gasteiger partial charge in [0.2, 0.25) is 0 Å². The highest BCUT2D eigenvalue weighted by molar-refractivity contribution is 5.30. The van der Waals surface area contributed by atoms with Crippen molar-refractivity contribution in [2.24, 2.45) is 5.84 Å². The fraction of sp³-hybridized carbons (Fsp3) is 0.538. The molecule has 0 aliphatic rings. The van der Waals surface area contributed by atoms with Crippen molar-refractivity contribution in [3.63, 3.8) is 0 Å². The minimum absolute atomic E-state index is 0.238. The zero-order valence-electron chi connectivity index (χ0n) is 11.3. The van der Waals surface area contributed by atoms with Crippen LogP contribution in [0.1, 0.15) is 36.9 Å². The Balaban J connectivity index is 3.16. The molecule has 0 saturated heterocycles. The number of nitrogens with two attached hydrogens (primary N) is 1. The Morgan fingerprint density at radius 1 is 1.35 bits per heavy atom. The molecule has 2 atom stereocenters. The van der Waals surface area contributed by atoms with Gasteiger partial charge in [0.05, 0.1) is 17.7 Å². The molecular weight excluding hydrogens is 276 g/mol. The highest BCUT2D eigenvalue weighted by atomic mass is 19.4. The van der Waals surface area contributed by atoms with Gasteiger partial charge in [0, 0.05) is 7.11 Å².